The molecule has 2 fully saturated rings. The Hall–Kier alpha value is -0.820. The summed E-state index contributed by atoms with van der Waals surface area (Å²) in [7, 11) is 0. The summed E-state index contributed by atoms with van der Waals surface area (Å²) in [5.74, 6) is 1.61. The van der Waals surface area contributed by atoms with Crippen molar-refractivity contribution >= 4 is 0 Å². The molecule has 0 N–H and O–H groups in total. The SMILES string of the molecule is CCCCCC1OC1C1CC1c1ccccc1. The van der Waals surface area contributed by atoms with Crippen molar-refractivity contribution in [2.75, 3.05) is 0 Å². The molecular formula is C16H22O. The lowest BCUT2D eigenvalue weighted by Crippen LogP contribution is -1.98. The van der Waals surface area contributed by atoms with Crippen LogP contribution in [0.1, 0.15) is 50.5 Å². The first-order valence-corrected chi connectivity index (χ1v) is 7.10. The van der Waals surface area contributed by atoms with Gasteiger partial charge in [0.2, 0.25) is 0 Å². The molecule has 17 heavy (non-hydrogen) atoms. The molecule has 4 unspecified atom stereocenters. The molecule has 3 rings (SSSR count). The molecule has 0 amide bonds. The zero-order valence-corrected chi connectivity index (χ0v) is 10.6. The molecule has 2 aliphatic rings. The van der Waals surface area contributed by atoms with Crippen molar-refractivity contribution in [3.8, 4) is 0 Å². The number of epoxide rings is 1. The Morgan fingerprint density at radius 3 is 2.76 bits per heavy atom. The van der Waals surface area contributed by atoms with E-state index in [1.165, 1.54) is 37.7 Å². The largest absolute Gasteiger partial charge is 0.369 e. The monoisotopic (exact) mass is 230 g/mol. The van der Waals surface area contributed by atoms with E-state index in [0.717, 1.165) is 11.8 Å². The topological polar surface area (TPSA) is 12.5 Å². The summed E-state index contributed by atoms with van der Waals surface area (Å²) in [6, 6.07) is 10.9. The summed E-state index contributed by atoms with van der Waals surface area (Å²) in [5.41, 5.74) is 1.51. The Bertz CT molecular complexity index is 359. The average Bonchev–Trinajstić information content (AvgIpc) is 3.24. The van der Waals surface area contributed by atoms with Gasteiger partial charge in [-0.2, -0.15) is 0 Å². The van der Waals surface area contributed by atoms with Gasteiger partial charge in [0.25, 0.3) is 0 Å². The third-order valence-electron chi connectivity index (χ3n) is 4.20. The first kappa shape index (κ1) is 11.3. The van der Waals surface area contributed by atoms with Gasteiger partial charge in [0, 0.05) is 0 Å². The van der Waals surface area contributed by atoms with Crippen molar-refractivity contribution in [1.82, 2.24) is 0 Å². The Kier molecular flexibility index (Phi) is 3.19. The fourth-order valence-corrected chi connectivity index (χ4v) is 3.02. The quantitative estimate of drug-likeness (QED) is 0.528. The number of hydrogen-bond acceptors (Lipinski definition) is 1. The minimum absolute atomic E-state index is 0.595. The Balaban J connectivity index is 1.45. The first-order valence-electron chi connectivity index (χ1n) is 7.10. The molecule has 1 saturated heterocycles. The third-order valence-corrected chi connectivity index (χ3v) is 4.20. The fraction of sp³-hybridized carbons (Fsp3) is 0.625. The van der Waals surface area contributed by atoms with Gasteiger partial charge in [-0.25, -0.2) is 0 Å². The van der Waals surface area contributed by atoms with Crippen LogP contribution in [-0.4, -0.2) is 12.2 Å². The highest BCUT2D eigenvalue weighted by atomic mass is 16.6. The van der Waals surface area contributed by atoms with E-state index in [1.807, 2.05) is 0 Å². The van der Waals surface area contributed by atoms with E-state index in [1.54, 1.807) is 0 Å². The minimum atomic E-state index is 0.595. The van der Waals surface area contributed by atoms with E-state index in [9.17, 15) is 0 Å². The second-order valence-corrected chi connectivity index (χ2v) is 5.55. The van der Waals surface area contributed by atoms with Crippen molar-refractivity contribution in [3.05, 3.63) is 35.9 Å². The van der Waals surface area contributed by atoms with Crippen molar-refractivity contribution in [2.45, 2.75) is 57.2 Å². The highest BCUT2D eigenvalue weighted by Gasteiger charge is 2.55. The molecule has 1 aliphatic carbocycles. The van der Waals surface area contributed by atoms with Gasteiger partial charge < -0.3 is 4.74 Å². The smallest absolute Gasteiger partial charge is 0.0876 e. The normalized spacial score (nSPS) is 34.6. The Morgan fingerprint density at radius 1 is 1.18 bits per heavy atom. The van der Waals surface area contributed by atoms with Crippen molar-refractivity contribution in [2.24, 2.45) is 5.92 Å². The van der Waals surface area contributed by atoms with Gasteiger partial charge in [-0.05, 0) is 30.2 Å². The van der Waals surface area contributed by atoms with E-state index in [2.05, 4.69) is 37.3 Å². The maximum absolute atomic E-state index is 5.84. The zero-order chi connectivity index (χ0) is 11.7. The van der Waals surface area contributed by atoms with Crippen LogP contribution in [0.4, 0.5) is 0 Å². The average molecular weight is 230 g/mol. The molecule has 92 valence electrons. The van der Waals surface area contributed by atoms with Crippen LogP contribution in [0.25, 0.3) is 0 Å². The lowest BCUT2D eigenvalue weighted by molar-refractivity contribution is 0.345. The number of ether oxygens (including phenoxy) is 1. The molecule has 1 aliphatic heterocycles. The van der Waals surface area contributed by atoms with Gasteiger partial charge >= 0.3 is 0 Å². The molecule has 0 spiro atoms. The van der Waals surface area contributed by atoms with Crippen LogP contribution in [0.3, 0.4) is 0 Å². The van der Waals surface area contributed by atoms with Gasteiger partial charge in [0.05, 0.1) is 12.2 Å². The summed E-state index contributed by atoms with van der Waals surface area (Å²) >= 11 is 0. The van der Waals surface area contributed by atoms with E-state index < -0.39 is 0 Å². The van der Waals surface area contributed by atoms with Crippen molar-refractivity contribution < 1.29 is 4.74 Å². The third kappa shape index (κ3) is 2.55. The molecular weight excluding hydrogens is 208 g/mol. The number of hydrogen-bond donors (Lipinski definition) is 0. The molecule has 1 aromatic carbocycles. The summed E-state index contributed by atoms with van der Waals surface area (Å²) in [6.45, 7) is 2.26. The number of unbranched alkanes of at least 4 members (excludes halogenated alkanes) is 2. The summed E-state index contributed by atoms with van der Waals surface area (Å²) < 4.78 is 5.84. The predicted octanol–water partition coefficient (Wildman–Crippen LogP) is 4.14. The first-order chi connectivity index (χ1) is 8.40. The van der Waals surface area contributed by atoms with E-state index in [-0.39, 0.29) is 0 Å². The Labute approximate surface area is 104 Å². The highest BCUT2D eigenvalue weighted by Crippen LogP contribution is 2.56. The van der Waals surface area contributed by atoms with Gasteiger partial charge in [-0.15, -0.1) is 0 Å². The lowest BCUT2D eigenvalue weighted by atomic mass is 10.0. The van der Waals surface area contributed by atoms with Gasteiger partial charge in [0.1, 0.15) is 0 Å². The highest BCUT2D eigenvalue weighted by molar-refractivity contribution is 5.27. The minimum Gasteiger partial charge on any atom is -0.369 e. The number of benzene rings is 1. The molecule has 1 heterocycles. The second-order valence-electron chi connectivity index (χ2n) is 5.55. The zero-order valence-electron chi connectivity index (χ0n) is 10.6. The molecule has 4 atom stereocenters. The maximum Gasteiger partial charge on any atom is 0.0876 e. The number of rotatable bonds is 6. The van der Waals surface area contributed by atoms with Gasteiger partial charge in [0.15, 0.2) is 0 Å². The summed E-state index contributed by atoms with van der Waals surface area (Å²) in [4.78, 5) is 0. The van der Waals surface area contributed by atoms with E-state index in [0.29, 0.717) is 12.2 Å². The molecule has 0 radical (unpaired) electrons. The van der Waals surface area contributed by atoms with Crippen LogP contribution < -0.4 is 0 Å². The van der Waals surface area contributed by atoms with Gasteiger partial charge in [-0.1, -0.05) is 56.5 Å². The summed E-state index contributed by atoms with van der Waals surface area (Å²) in [5, 5.41) is 0. The van der Waals surface area contributed by atoms with Crippen LogP contribution in [0, 0.1) is 5.92 Å². The van der Waals surface area contributed by atoms with Crippen molar-refractivity contribution in [3.63, 3.8) is 0 Å². The molecule has 1 heteroatoms. The maximum atomic E-state index is 5.84. The van der Waals surface area contributed by atoms with Crippen LogP contribution in [0.5, 0.6) is 0 Å². The van der Waals surface area contributed by atoms with Gasteiger partial charge in [-0.3, -0.25) is 0 Å². The molecule has 0 aromatic heterocycles. The van der Waals surface area contributed by atoms with E-state index in [4.69, 9.17) is 4.74 Å². The molecule has 0 bridgehead atoms. The standard InChI is InChI=1S/C16H22O/c1-2-3-5-10-15-16(17-15)14-11-13(14)12-8-6-4-7-9-12/h4,6-9,13-16H,2-3,5,10-11H2,1H3. The Morgan fingerprint density at radius 2 is 2.00 bits per heavy atom. The van der Waals surface area contributed by atoms with E-state index >= 15 is 0 Å². The van der Waals surface area contributed by atoms with Crippen LogP contribution >= 0.6 is 0 Å². The van der Waals surface area contributed by atoms with Crippen LogP contribution in [-0.2, 0) is 4.74 Å². The molecule has 1 saturated carbocycles. The van der Waals surface area contributed by atoms with Crippen LogP contribution in [0.2, 0.25) is 0 Å². The molecule has 1 nitrogen and oxygen atoms in total. The second kappa shape index (κ2) is 4.81. The summed E-state index contributed by atoms with van der Waals surface area (Å²) in [6.07, 6.45) is 7.85. The molecule has 1 aromatic rings. The predicted molar refractivity (Wildman–Crippen MR) is 70.1 cm³/mol. The lowest BCUT2D eigenvalue weighted by Gasteiger charge is -1.97. The fourth-order valence-electron chi connectivity index (χ4n) is 3.02. The van der Waals surface area contributed by atoms with Crippen LogP contribution in [0.15, 0.2) is 30.3 Å². The van der Waals surface area contributed by atoms with Crippen molar-refractivity contribution in [1.29, 1.82) is 0 Å².